The van der Waals surface area contributed by atoms with E-state index in [9.17, 15) is 10.1 Å². The molecule has 1 aromatic heterocycles. The smallest absolute Gasteiger partial charge is 0.311 e. The Kier molecular flexibility index (Phi) is 4.57. The van der Waals surface area contributed by atoms with Gasteiger partial charge in [-0.1, -0.05) is 11.6 Å². The summed E-state index contributed by atoms with van der Waals surface area (Å²) in [5.74, 6) is 5.62. The second-order valence-electron chi connectivity index (χ2n) is 3.71. The van der Waals surface area contributed by atoms with Gasteiger partial charge in [0.15, 0.2) is 0 Å². The number of hydrazine groups is 1. The highest BCUT2D eigenvalue weighted by Crippen LogP contribution is 2.31. The van der Waals surface area contributed by atoms with Gasteiger partial charge in [0.25, 0.3) is 0 Å². The number of pyridine rings is 1. The molecule has 9 heteroatoms. The van der Waals surface area contributed by atoms with Crippen molar-refractivity contribution in [3.8, 4) is 0 Å². The van der Waals surface area contributed by atoms with Crippen LogP contribution in [0, 0.1) is 13.7 Å². The highest BCUT2D eigenvalue weighted by Gasteiger charge is 2.17. The van der Waals surface area contributed by atoms with Crippen LogP contribution < -0.4 is 16.6 Å². The van der Waals surface area contributed by atoms with E-state index in [-0.39, 0.29) is 11.5 Å². The highest BCUT2D eigenvalue weighted by atomic mass is 127. The average Bonchev–Trinajstić information content (AvgIpc) is 2.41. The molecule has 2 aromatic rings. The molecule has 1 aromatic carbocycles. The van der Waals surface area contributed by atoms with Gasteiger partial charge in [0, 0.05) is 9.64 Å². The third-order valence-electron chi connectivity index (χ3n) is 2.40. The number of aromatic nitrogens is 1. The maximum atomic E-state index is 11.0. The lowest BCUT2D eigenvalue weighted by Crippen LogP contribution is -2.10. The van der Waals surface area contributed by atoms with Crippen molar-refractivity contribution in [2.75, 3.05) is 10.7 Å². The standard InChI is InChI=1S/C11H9ClIN5O2/c12-7-5-6(13)1-2-8(7)15-11-9(18(19)20)3-4-10(16-11)17-14/h1-5H,14H2,(H2,15,16,17). The van der Waals surface area contributed by atoms with Crippen LogP contribution in [0.15, 0.2) is 30.3 Å². The van der Waals surface area contributed by atoms with Crippen LogP contribution >= 0.6 is 34.2 Å². The molecule has 20 heavy (non-hydrogen) atoms. The Morgan fingerprint density at radius 3 is 2.70 bits per heavy atom. The number of nitrogen functional groups attached to an aromatic ring is 1. The van der Waals surface area contributed by atoms with Crippen LogP contribution in [0.4, 0.5) is 23.0 Å². The summed E-state index contributed by atoms with van der Waals surface area (Å²) in [6.07, 6.45) is 0. The number of anilines is 3. The Bertz CT molecular complexity index is 667. The van der Waals surface area contributed by atoms with Gasteiger partial charge in [-0.15, -0.1) is 0 Å². The molecule has 0 saturated heterocycles. The van der Waals surface area contributed by atoms with Crippen LogP contribution in [0.25, 0.3) is 0 Å². The van der Waals surface area contributed by atoms with Crippen LogP contribution in [0.5, 0.6) is 0 Å². The Hall–Kier alpha value is -1.65. The van der Waals surface area contributed by atoms with E-state index in [1.165, 1.54) is 12.1 Å². The Labute approximate surface area is 132 Å². The molecule has 0 unspecified atom stereocenters. The predicted molar refractivity (Wildman–Crippen MR) is 86.2 cm³/mol. The van der Waals surface area contributed by atoms with E-state index >= 15 is 0 Å². The van der Waals surface area contributed by atoms with E-state index < -0.39 is 4.92 Å². The lowest BCUT2D eigenvalue weighted by molar-refractivity contribution is -0.384. The Morgan fingerprint density at radius 2 is 2.10 bits per heavy atom. The van der Waals surface area contributed by atoms with Gasteiger partial charge < -0.3 is 10.7 Å². The summed E-state index contributed by atoms with van der Waals surface area (Å²) in [5.41, 5.74) is 2.69. The molecule has 0 radical (unpaired) electrons. The van der Waals surface area contributed by atoms with Crippen LogP contribution in [0.2, 0.25) is 5.02 Å². The van der Waals surface area contributed by atoms with Crippen LogP contribution in [0.1, 0.15) is 0 Å². The molecule has 0 amide bonds. The van der Waals surface area contributed by atoms with Crippen molar-refractivity contribution in [2.45, 2.75) is 0 Å². The molecule has 0 saturated carbocycles. The monoisotopic (exact) mass is 405 g/mol. The van der Waals surface area contributed by atoms with Gasteiger partial charge in [-0.3, -0.25) is 10.1 Å². The third-order valence-corrected chi connectivity index (χ3v) is 3.39. The van der Waals surface area contributed by atoms with E-state index in [0.717, 1.165) is 3.57 Å². The number of nitrogens with zero attached hydrogens (tertiary/aromatic N) is 2. The summed E-state index contributed by atoms with van der Waals surface area (Å²) in [6.45, 7) is 0. The SMILES string of the molecule is NNc1ccc([N+](=O)[O-])c(Nc2ccc(I)cc2Cl)n1. The minimum Gasteiger partial charge on any atom is -0.333 e. The maximum Gasteiger partial charge on any atom is 0.311 e. The summed E-state index contributed by atoms with van der Waals surface area (Å²) < 4.78 is 0.956. The molecule has 0 aliphatic carbocycles. The van der Waals surface area contributed by atoms with Crippen molar-refractivity contribution in [1.82, 2.24) is 4.98 Å². The molecule has 2 rings (SSSR count). The second kappa shape index (κ2) is 6.20. The second-order valence-corrected chi connectivity index (χ2v) is 5.37. The molecule has 0 aliphatic heterocycles. The fraction of sp³-hybridized carbons (Fsp3) is 0. The molecule has 7 nitrogen and oxygen atoms in total. The van der Waals surface area contributed by atoms with Crippen molar-refractivity contribution in [3.63, 3.8) is 0 Å². The minimum atomic E-state index is -0.532. The summed E-state index contributed by atoms with van der Waals surface area (Å²) in [4.78, 5) is 14.5. The molecule has 104 valence electrons. The van der Waals surface area contributed by atoms with Gasteiger partial charge >= 0.3 is 5.69 Å². The van der Waals surface area contributed by atoms with Crippen LogP contribution in [0.3, 0.4) is 0 Å². The summed E-state index contributed by atoms with van der Waals surface area (Å²) in [5, 5.41) is 14.3. The van der Waals surface area contributed by atoms with Crippen molar-refractivity contribution in [2.24, 2.45) is 5.84 Å². The van der Waals surface area contributed by atoms with Gasteiger partial charge in [-0.2, -0.15) is 0 Å². The molecular formula is C11H9ClIN5O2. The van der Waals surface area contributed by atoms with Crippen molar-refractivity contribution in [1.29, 1.82) is 0 Å². The molecule has 0 bridgehead atoms. The zero-order valence-corrected chi connectivity index (χ0v) is 12.8. The number of hydrogen-bond acceptors (Lipinski definition) is 6. The number of halogens is 2. The fourth-order valence-corrected chi connectivity index (χ4v) is 2.39. The zero-order valence-electron chi connectivity index (χ0n) is 9.93. The Balaban J connectivity index is 2.43. The number of benzene rings is 1. The van der Waals surface area contributed by atoms with Gasteiger partial charge in [-0.05, 0) is 46.9 Å². The first-order chi connectivity index (χ1) is 9.51. The molecule has 0 fully saturated rings. The molecule has 0 atom stereocenters. The van der Waals surface area contributed by atoms with Crippen molar-refractivity contribution >= 4 is 57.2 Å². The normalized spacial score (nSPS) is 10.2. The lowest BCUT2D eigenvalue weighted by atomic mass is 10.3. The highest BCUT2D eigenvalue weighted by molar-refractivity contribution is 14.1. The van der Waals surface area contributed by atoms with Crippen molar-refractivity contribution in [3.05, 3.63) is 49.0 Å². The first-order valence-electron chi connectivity index (χ1n) is 5.35. The summed E-state index contributed by atoms with van der Waals surface area (Å²) >= 11 is 8.20. The van der Waals surface area contributed by atoms with Crippen LogP contribution in [-0.2, 0) is 0 Å². The first-order valence-corrected chi connectivity index (χ1v) is 6.81. The molecule has 0 aliphatic rings. The number of nitrogens with one attached hydrogen (secondary N) is 2. The van der Waals surface area contributed by atoms with Crippen LogP contribution in [-0.4, -0.2) is 9.91 Å². The average molecular weight is 406 g/mol. The van der Waals surface area contributed by atoms with E-state index in [0.29, 0.717) is 16.5 Å². The summed E-state index contributed by atoms with van der Waals surface area (Å²) in [7, 11) is 0. The van der Waals surface area contributed by atoms with E-state index in [1.807, 2.05) is 6.07 Å². The van der Waals surface area contributed by atoms with E-state index in [2.05, 4.69) is 38.3 Å². The number of hydrogen-bond donors (Lipinski definition) is 3. The molecule has 4 N–H and O–H groups in total. The largest absolute Gasteiger partial charge is 0.333 e. The number of nitro groups is 1. The molecular weight excluding hydrogens is 397 g/mol. The third kappa shape index (κ3) is 3.26. The van der Waals surface area contributed by atoms with Gasteiger partial charge in [-0.25, -0.2) is 10.8 Å². The van der Waals surface area contributed by atoms with E-state index in [1.54, 1.807) is 12.1 Å². The first kappa shape index (κ1) is 14.8. The van der Waals surface area contributed by atoms with E-state index in [4.69, 9.17) is 17.4 Å². The van der Waals surface area contributed by atoms with Gasteiger partial charge in [0.1, 0.15) is 5.82 Å². The molecule has 0 spiro atoms. The lowest BCUT2D eigenvalue weighted by Gasteiger charge is -2.09. The number of rotatable bonds is 4. The quantitative estimate of drug-likeness (QED) is 0.312. The topological polar surface area (TPSA) is 106 Å². The molecule has 1 heterocycles. The minimum absolute atomic E-state index is 0.0635. The Morgan fingerprint density at radius 1 is 1.35 bits per heavy atom. The van der Waals surface area contributed by atoms with Gasteiger partial charge in [0.05, 0.1) is 15.6 Å². The fourth-order valence-electron chi connectivity index (χ4n) is 1.49. The van der Waals surface area contributed by atoms with Gasteiger partial charge in [0.2, 0.25) is 5.82 Å². The summed E-state index contributed by atoms with van der Waals surface area (Å²) in [6, 6.07) is 8.01. The van der Waals surface area contributed by atoms with Crippen molar-refractivity contribution < 1.29 is 4.92 Å². The predicted octanol–water partition coefficient (Wildman–Crippen LogP) is 3.28. The maximum absolute atomic E-state index is 11.0. The number of nitrogens with two attached hydrogens (primary N) is 1. The zero-order chi connectivity index (χ0) is 14.7.